The van der Waals surface area contributed by atoms with E-state index in [2.05, 4.69) is 5.32 Å². The standard InChI is InChI=1S/C20H23ClN2O4/c21-17-4-1-2-6-20(17)26-11-9-22-12-15(25)13-27-19-7-3-5-18-16(19)8-10-23(18)14-24/h1-7,14-15,22,25H,8-13H2. The molecule has 1 aliphatic rings. The van der Waals surface area contributed by atoms with E-state index in [1.54, 1.807) is 11.0 Å². The summed E-state index contributed by atoms with van der Waals surface area (Å²) in [5.41, 5.74) is 1.89. The molecule has 144 valence electrons. The molecule has 2 aromatic carbocycles. The number of benzene rings is 2. The molecule has 0 bridgehead atoms. The van der Waals surface area contributed by atoms with Crippen molar-refractivity contribution in [1.29, 1.82) is 0 Å². The first-order chi connectivity index (χ1) is 13.2. The van der Waals surface area contributed by atoms with Gasteiger partial charge in [-0.3, -0.25) is 4.79 Å². The lowest BCUT2D eigenvalue weighted by molar-refractivity contribution is -0.107. The summed E-state index contributed by atoms with van der Waals surface area (Å²) < 4.78 is 11.3. The molecule has 1 atom stereocenters. The van der Waals surface area contributed by atoms with Gasteiger partial charge in [-0.1, -0.05) is 29.8 Å². The van der Waals surface area contributed by atoms with Crippen molar-refractivity contribution in [3.8, 4) is 11.5 Å². The fraction of sp³-hybridized carbons (Fsp3) is 0.350. The molecule has 0 saturated heterocycles. The Balaban J connectivity index is 1.37. The number of para-hydroxylation sites is 1. The maximum absolute atomic E-state index is 11.0. The van der Waals surface area contributed by atoms with Crippen molar-refractivity contribution in [3.63, 3.8) is 0 Å². The van der Waals surface area contributed by atoms with Crippen LogP contribution in [0.5, 0.6) is 11.5 Å². The van der Waals surface area contributed by atoms with Crippen LogP contribution >= 0.6 is 11.6 Å². The van der Waals surface area contributed by atoms with Gasteiger partial charge in [-0.2, -0.15) is 0 Å². The van der Waals surface area contributed by atoms with Gasteiger partial charge >= 0.3 is 0 Å². The second kappa shape index (κ2) is 9.60. The number of aliphatic hydroxyl groups is 1. The summed E-state index contributed by atoms with van der Waals surface area (Å²) in [5.74, 6) is 1.37. The predicted octanol–water partition coefficient (Wildman–Crippen LogP) is 2.27. The highest BCUT2D eigenvalue weighted by Gasteiger charge is 2.22. The summed E-state index contributed by atoms with van der Waals surface area (Å²) in [7, 11) is 0. The predicted molar refractivity (Wildman–Crippen MR) is 105 cm³/mol. The average molecular weight is 391 g/mol. The molecule has 0 fully saturated rings. The molecule has 0 spiro atoms. The van der Waals surface area contributed by atoms with Gasteiger partial charge in [0, 0.05) is 25.2 Å². The first-order valence-electron chi connectivity index (χ1n) is 8.92. The van der Waals surface area contributed by atoms with E-state index in [9.17, 15) is 9.90 Å². The van der Waals surface area contributed by atoms with E-state index < -0.39 is 6.10 Å². The van der Waals surface area contributed by atoms with Gasteiger partial charge in [0.05, 0.1) is 10.7 Å². The van der Waals surface area contributed by atoms with Gasteiger partial charge in [0.1, 0.15) is 30.8 Å². The Morgan fingerprint density at radius 2 is 2.00 bits per heavy atom. The SMILES string of the molecule is O=CN1CCc2c(OCC(O)CNCCOc3ccccc3Cl)cccc21. The highest BCUT2D eigenvalue weighted by atomic mass is 35.5. The lowest BCUT2D eigenvalue weighted by Gasteiger charge is -2.16. The Morgan fingerprint density at radius 3 is 2.81 bits per heavy atom. The molecule has 0 radical (unpaired) electrons. The van der Waals surface area contributed by atoms with Crippen molar-refractivity contribution >= 4 is 23.7 Å². The molecule has 0 aliphatic carbocycles. The Morgan fingerprint density at radius 1 is 1.19 bits per heavy atom. The fourth-order valence-electron chi connectivity index (χ4n) is 2.98. The third-order valence-corrected chi connectivity index (χ3v) is 4.64. The number of amides is 1. The van der Waals surface area contributed by atoms with Gasteiger partial charge in [0.25, 0.3) is 0 Å². The second-order valence-corrected chi connectivity index (χ2v) is 6.66. The van der Waals surface area contributed by atoms with E-state index in [0.717, 1.165) is 29.8 Å². The van der Waals surface area contributed by atoms with Gasteiger partial charge in [0.2, 0.25) is 6.41 Å². The van der Waals surface area contributed by atoms with Crippen LogP contribution in [-0.4, -0.2) is 50.5 Å². The molecular formula is C20H23ClN2O4. The van der Waals surface area contributed by atoms with Crippen molar-refractivity contribution in [2.45, 2.75) is 12.5 Å². The molecule has 2 aromatic rings. The zero-order chi connectivity index (χ0) is 19.1. The number of rotatable bonds is 10. The van der Waals surface area contributed by atoms with Crippen LogP contribution in [0.1, 0.15) is 5.56 Å². The first-order valence-corrected chi connectivity index (χ1v) is 9.29. The number of carbonyl (C=O) groups is 1. The van der Waals surface area contributed by atoms with E-state index in [1.165, 1.54) is 0 Å². The van der Waals surface area contributed by atoms with E-state index in [1.807, 2.05) is 36.4 Å². The monoisotopic (exact) mass is 390 g/mol. The molecule has 0 aromatic heterocycles. The zero-order valence-corrected chi connectivity index (χ0v) is 15.7. The van der Waals surface area contributed by atoms with Crippen molar-refractivity contribution in [2.24, 2.45) is 0 Å². The third kappa shape index (κ3) is 5.13. The molecule has 2 N–H and O–H groups in total. The molecule has 6 nitrogen and oxygen atoms in total. The fourth-order valence-corrected chi connectivity index (χ4v) is 3.17. The lowest BCUT2D eigenvalue weighted by atomic mass is 10.1. The average Bonchev–Trinajstić information content (AvgIpc) is 3.11. The number of anilines is 1. The second-order valence-electron chi connectivity index (χ2n) is 6.25. The van der Waals surface area contributed by atoms with Crippen LogP contribution in [0.25, 0.3) is 0 Å². The zero-order valence-electron chi connectivity index (χ0n) is 14.9. The summed E-state index contributed by atoms with van der Waals surface area (Å²) in [6.07, 6.45) is 0.946. The van der Waals surface area contributed by atoms with E-state index in [-0.39, 0.29) is 6.61 Å². The van der Waals surface area contributed by atoms with Crippen LogP contribution in [0.2, 0.25) is 5.02 Å². The van der Waals surface area contributed by atoms with Crippen LogP contribution in [0, 0.1) is 0 Å². The molecule has 7 heteroatoms. The van der Waals surface area contributed by atoms with Gasteiger partial charge < -0.3 is 24.8 Å². The maximum atomic E-state index is 11.0. The highest BCUT2D eigenvalue weighted by Crippen LogP contribution is 2.34. The number of halogens is 1. The Kier molecular flexibility index (Phi) is 6.92. The first kappa shape index (κ1) is 19.5. The van der Waals surface area contributed by atoms with Gasteiger partial charge in [-0.25, -0.2) is 0 Å². The van der Waals surface area contributed by atoms with Gasteiger partial charge in [-0.15, -0.1) is 0 Å². The maximum Gasteiger partial charge on any atom is 0.214 e. The highest BCUT2D eigenvalue weighted by molar-refractivity contribution is 6.32. The van der Waals surface area contributed by atoms with Crippen LogP contribution in [0.3, 0.4) is 0 Å². The van der Waals surface area contributed by atoms with Crippen LogP contribution in [0.4, 0.5) is 5.69 Å². The summed E-state index contributed by atoms with van der Waals surface area (Å²) in [6.45, 7) is 2.26. The summed E-state index contributed by atoms with van der Waals surface area (Å²) in [6, 6.07) is 12.9. The Labute approximate surface area is 163 Å². The van der Waals surface area contributed by atoms with Crippen molar-refractivity contribution in [1.82, 2.24) is 5.32 Å². The van der Waals surface area contributed by atoms with E-state index >= 15 is 0 Å². The lowest BCUT2D eigenvalue weighted by Crippen LogP contribution is -2.33. The topological polar surface area (TPSA) is 71.0 Å². The quantitative estimate of drug-likeness (QED) is 0.481. The number of ether oxygens (including phenoxy) is 2. The van der Waals surface area contributed by atoms with Crippen LogP contribution < -0.4 is 19.7 Å². The number of nitrogens with zero attached hydrogens (tertiary/aromatic N) is 1. The molecule has 1 aliphatic heterocycles. The van der Waals surface area contributed by atoms with E-state index in [0.29, 0.717) is 37.0 Å². The number of nitrogens with one attached hydrogen (secondary N) is 1. The smallest absolute Gasteiger partial charge is 0.214 e. The van der Waals surface area contributed by atoms with Crippen molar-refractivity contribution in [3.05, 3.63) is 53.1 Å². The largest absolute Gasteiger partial charge is 0.491 e. The summed E-state index contributed by atoms with van der Waals surface area (Å²) in [4.78, 5) is 12.7. The number of fused-ring (bicyclic) bond motifs is 1. The molecular weight excluding hydrogens is 368 g/mol. The van der Waals surface area contributed by atoms with Crippen molar-refractivity contribution in [2.75, 3.05) is 37.7 Å². The van der Waals surface area contributed by atoms with Gasteiger partial charge in [-0.05, 0) is 30.7 Å². The minimum absolute atomic E-state index is 0.177. The molecule has 1 unspecified atom stereocenters. The van der Waals surface area contributed by atoms with E-state index in [4.69, 9.17) is 21.1 Å². The molecule has 27 heavy (non-hydrogen) atoms. The molecule has 1 heterocycles. The van der Waals surface area contributed by atoms with Crippen LogP contribution in [-0.2, 0) is 11.2 Å². The Hall–Kier alpha value is -2.28. The minimum atomic E-state index is -0.648. The number of hydrogen-bond donors (Lipinski definition) is 2. The number of carbonyl (C=O) groups excluding carboxylic acids is 1. The normalized spacial score (nSPS) is 13.9. The molecule has 0 saturated carbocycles. The van der Waals surface area contributed by atoms with Crippen LogP contribution in [0.15, 0.2) is 42.5 Å². The van der Waals surface area contributed by atoms with Crippen molar-refractivity contribution < 1.29 is 19.4 Å². The van der Waals surface area contributed by atoms with Gasteiger partial charge in [0.15, 0.2) is 0 Å². The molecule has 1 amide bonds. The minimum Gasteiger partial charge on any atom is -0.491 e. The summed E-state index contributed by atoms with van der Waals surface area (Å²) in [5, 5.41) is 13.8. The third-order valence-electron chi connectivity index (χ3n) is 4.33. The summed E-state index contributed by atoms with van der Waals surface area (Å²) >= 11 is 6.02. The number of aliphatic hydroxyl groups excluding tert-OH is 1. The Bertz CT molecular complexity index is 771. The molecule has 3 rings (SSSR count). The number of hydrogen-bond acceptors (Lipinski definition) is 5.